The Balaban J connectivity index is 1.74. The summed E-state index contributed by atoms with van der Waals surface area (Å²) in [6.45, 7) is 5.38. The maximum absolute atomic E-state index is 13.0. The molecule has 28 heavy (non-hydrogen) atoms. The molecular formula is C20H27N3O4S. The van der Waals surface area contributed by atoms with Gasteiger partial charge in [-0.3, -0.25) is 14.4 Å². The van der Waals surface area contributed by atoms with Crippen LogP contribution >= 0.6 is 11.8 Å². The molecule has 2 heterocycles. The lowest BCUT2D eigenvalue weighted by molar-refractivity contribution is -0.132. The fourth-order valence-electron chi connectivity index (χ4n) is 3.57. The van der Waals surface area contributed by atoms with Crippen LogP contribution in [-0.2, 0) is 9.59 Å². The van der Waals surface area contributed by atoms with Crippen LogP contribution in [0.4, 0.5) is 0 Å². The van der Waals surface area contributed by atoms with Gasteiger partial charge >= 0.3 is 0 Å². The first kappa shape index (κ1) is 20.7. The van der Waals surface area contributed by atoms with Crippen LogP contribution in [0.25, 0.3) is 0 Å². The number of aliphatic hydroxyl groups is 1. The van der Waals surface area contributed by atoms with Crippen molar-refractivity contribution in [2.24, 2.45) is 5.92 Å². The van der Waals surface area contributed by atoms with Gasteiger partial charge in [0.05, 0.1) is 6.61 Å². The summed E-state index contributed by atoms with van der Waals surface area (Å²) in [5, 5.41) is 14.6. The molecule has 0 aliphatic carbocycles. The van der Waals surface area contributed by atoms with Gasteiger partial charge < -0.3 is 20.6 Å². The van der Waals surface area contributed by atoms with E-state index in [1.165, 1.54) is 0 Å². The predicted octanol–water partition coefficient (Wildman–Crippen LogP) is 1.28. The normalized spacial score (nSPS) is 23.6. The molecule has 0 aromatic heterocycles. The number of thioether (sulfide) groups is 1. The van der Waals surface area contributed by atoms with Crippen molar-refractivity contribution in [2.45, 2.75) is 50.7 Å². The third kappa shape index (κ3) is 3.75. The minimum Gasteiger partial charge on any atom is -0.394 e. The van der Waals surface area contributed by atoms with Crippen LogP contribution in [0.1, 0.15) is 48.5 Å². The summed E-state index contributed by atoms with van der Waals surface area (Å²) in [6, 6.07) is 5.73. The van der Waals surface area contributed by atoms with E-state index in [-0.39, 0.29) is 35.6 Å². The second-order valence-corrected chi connectivity index (χ2v) is 8.58. The molecule has 152 valence electrons. The molecule has 1 aromatic carbocycles. The lowest BCUT2D eigenvalue weighted by Crippen LogP contribution is -2.56. The summed E-state index contributed by atoms with van der Waals surface area (Å²) >= 11 is 1.57. The van der Waals surface area contributed by atoms with Crippen LogP contribution in [0, 0.1) is 5.92 Å². The smallest absolute Gasteiger partial charge is 0.256 e. The van der Waals surface area contributed by atoms with Crippen molar-refractivity contribution in [3.63, 3.8) is 0 Å². The van der Waals surface area contributed by atoms with Gasteiger partial charge in [-0.15, -0.1) is 11.8 Å². The second-order valence-electron chi connectivity index (χ2n) is 7.47. The first-order valence-electron chi connectivity index (χ1n) is 9.63. The minimum absolute atomic E-state index is 0.0776. The van der Waals surface area contributed by atoms with Gasteiger partial charge in [-0.25, -0.2) is 0 Å². The third-order valence-corrected chi connectivity index (χ3v) is 6.76. The first-order chi connectivity index (χ1) is 13.4. The number of aliphatic hydroxyl groups excluding tert-OH is 1. The highest BCUT2D eigenvalue weighted by atomic mass is 32.2. The number of benzene rings is 1. The number of fused-ring (bicyclic) bond motifs is 3. The highest BCUT2D eigenvalue weighted by molar-refractivity contribution is 7.99. The topological polar surface area (TPSA) is 98.7 Å². The molecule has 7 nitrogen and oxygen atoms in total. The van der Waals surface area contributed by atoms with Gasteiger partial charge in [0.25, 0.3) is 5.91 Å². The Hall–Kier alpha value is -2.06. The van der Waals surface area contributed by atoms with E-state index in [1.54, 1.807) is 29.7 Å². The first-order valence-corrected chi connectivity index (χ1v) is 10.7. The fraction of sp³-hybridized carbons (Fsp3) is 0.550. The molecular weight excluding hydrogens is 378 g/mol. The second kappa shape index (κ2) is 8.53. The van der Waals surface area contributed by atoms with Gasteiger partial charge in [0, 0.05) is 17.4 Å². The molecule has 5 unspecified atom stereocenters. The van der Waals surface area contributed by atoms with E-state index in [9.17, 15) is 19.5 Å². The van der Waals surface area contributed by atoms with E-state index >= 15 is 0 Å². The van der Waals surface area contributed by atoms with Gasteiger partial charge in [-0.1, -0.05) is 38.5 Å². The average Bonchev–Trinajstić information content (AvgIpc) is 3.25. The maximum atomic E-state index is 13.0. The number of amides is 3. The van der Waals surface area contributed by atoms with Crippen LogP contribution in [0.3, 0.4) is 0 Å². The monoisotopic (exact) mass is 405 g/mol. The van der Waals surface area contributed by atoms with Gasteiger partial charge in [0.2, 0.25) is 11.8 Å². The van der Waals surface area contributed by atoms with Crippen molar-refractivity contribution in [1.82, 2.24) is 15.5 Å². The summed E-state index contributed by atoms with van der Waals surface area (Å²) in [7, 11) is 0. The number of rotatable bonds is 7. The molecule has 0 saturated carbocycles. The van der Waals surface area contributed by atoms with Crippen LogP contribution < -0.4 is 10.6 Å². The van der Waals surface area contributed by atoms with E-state index in [2.05, 4.69) is 10.6 Å². The molecule has 3 amide bonds. The molecule has 5 atom stereocenters. The van der Waals surface area contributed by atoms with E-state index in [1.807, 2.05) is 32.0 Å². The van der Waals surface area contributed by atoms with Crippen molar-refractivity contribution in [3.05, 3.63) is 35.4 Å². The summed E-state index contributed by atoms with van der Waals surface area (Å²) in [4.78, 5) is 40.1. The Morgan fingerprint density at radius 2 is 2.00 bits per heavy atom. The Morgan fingerprint density at radius 3 is 2.68 bits per heavy atom. The van der Waals surface area contributed by atoms with Gasteiger partial charge in [0.15, 0.2) is 0 Å². The molecule has 0 bridgehead atoms. The van der Waals surface area contributed by atoms with Crippen molar-refractivity contribution in [1.29, 1.82) is 0 Å². The Bertz CT molecular complexity index is 772. The van der Waals surface area contributed by atoms with Crippen molar-refractivity contribution < 1.29 is 19.5 Å². The van der Waals surface area contributed by atoms with Gasteiger partial charge in [0.1, 0.15) is 17.5 Å². The van der Waals surface area contributed by atoms with E-state index < -0.39 is 18.1 Å². The summed E-state index contributed by atoms with van der Waals surface area (Å²) in [5.41, 5.74) is 1.59. The van der Waals surface area contributed by atoms with E-state index in [0.29, 0.717) is 17.7 Å². The fourth-order valence-corrected chi connectivity index (χ4v) is 5.04. The van der Waals surface area contributed by atoms with E-state index in [4.69, 9.17) is 0 Å². The van der Waals surface area contributed by atoms with Gasteiger partial charge in [-0.2, -0.15) is 0 Å². The quantitative estimate of drug-likeness (QED) is 0.635. The number of nitrogens with one attached hydrogen (secondary N) is 2. The number of carbonyl (C=O) groups is 3. The molecule has 1 aromatic rings. The van der Waals surface area contributed by atoms with Crippen LogP contribution in [0.5, 0.6) is 0 Å². The summed E-state index contributed by atoms with van der Waals surface area (Å²) < 4.78 is 0. The van der Waals surface area contributed by atoms with Crippen LogP contribution in [-0.4, -0.2) is 58.2 Å². The van der Waals surface area contributed by atoms with Crippen molar-refractivity contribution >= 4 is 29.5 Å². The number of hydrogen-bond donors (Lipinski definition) is 3. The SMILES string of the molecule is CCC(C)C(NC(=O)C1CSC2c3ccccc3C(=O)N12)C(=O)NC(C)CO. The zero-order chi connectivity index (χ0) is 20.4. The molecule has 8 heteroatoms. The summed E-state index contributed by atoms with van der Waals surface area (Å²) in [6.07, 6.45) is 0.710. The zero-order valence-electron chi connectivity index (χ0n) is 16.3. The third-order valence-electron chi connectivity index (χ3n) is 5.45. The van der Waals surface area contributed by atoms with Crippen molar-refractivity contribution in [2.75, 3.05) is 12.4 Å². The lowest BCUT2D eigenvalue weighted by atomic mass is 9.97. The Labute approximate surface area is 169 Å². The largest absolute Gasteiger partial charge is 0.394 e. The minimum atomic E-state index is -0.712. The molecule has 1 saturated heterocycles. The van der Waals surface area contributed by atoms with E-state index in [0.717, 1.165) is 5.56 Å². The zero-order valence-corrected chi connectivity index (χ0v) is 17.2. The molecule has 3 rings (SSSR count). The lowest BCUT2D eigenvalue weighted by Gasteiger charge is -2.28. The predicted molar refractivity (Wildman–Crippen MR) is 108 cm³/mol. The Morgan fingerprint density at radius 1 is 1.29 bits per heavy atom. The average molecular weight is 406 g/mol. The van der Waals surface area contributed by atoms with Gasteiger partial charge in [-0.05, 0) is 24.5 Å². The highest BCUT2D eigenvalue weighted by Gasteiger charge is 2.48. The highest BCUT2D eigenvalue weighted by Crippen LogP contribution is 2.48. The molecule has 0 spiro atoms. The van der Waals surface area contributed by atoms with Crippen molar-refractivity contribution in [3.8, 4) is 0 Å². The molecule has 0 radical (unpaired) electrons. The van der Waals surface area contributed by atoms with Crippen LogP contribution in [0.15, 0.2) is 24.3 Å². The maximum Gasteiger partial charge on any atom is 0.256 e. The molecule has 2 aliphatic rings. The van der Waals surface area contributed by atoms with Crippen LogP contribution in [0.2, 0.25) is 0 Å². The molecule has 1 fully saturated rings. The number of carbonyl (C=O) groups excluding carboxylic acids is 3. The molecule has 3 N–H and O–H groups in total. The Kier molecular flexibility index (Phi) is 6.30. The number of nitrogens with zero attached hydrogens (tertiary/aromatic N) is 1. The summed E-state index contributed by atoms with van der Waals surface area (Å²) in [5.74, 6) is -0.343. The molecule has 2 aliphatic heterocycles. The number of hydrogen-bond acceptors (Lipinski definition) is 5. The standard InChI is InChI=1S/C20H27N3O4S/c1-4-11(2)16(18(26)21-12(3)9-24)22-17(25)15-10-28-20-14-8-6-5-7-13(14)19(27)23(15)20/h5-8,11-12,15-16,20,24H,4,9-10H2,1-3H3,(H,21,26)(H,22,25).